The molecule has 270 valence electrons. The summed E-state index contributed by atoms with van der Waals surface area (Å²) in [4.78, 5) is 15.6. The summed E-state index contributed by atoms with van der Waals surface area (Å²) in [5.41, 5.74) is 9.55. The van der Waals surface area contributed by atoms with E-state index in [0.29, 0.717) is 17.5 Å². The Morgan fingerprint density at radius 2 is 0.724 bits per heavy atom. The molecule has 12 rings (SSSR count). The number of rotatable bonds is 5. The van der Waals surface area contributed by atoms with Gasteiger partial charge in [0.15, 0.2) is 17.5 Å². The molecule has 3 heterocycles. The first-order chi connectivity index (χ1) is 28.8. The van der Waals surface area contributed by atoms with Gasteiger partial charge >= 0.3 is 0 Å². The van der Waals surface area contributed by atoms with Crippen molar-refractivity contribution in [3.8, 4) is 45.5 Å². The minimum absolute atomic E-state index is 0.614. The summed E-state index contributed by atoms with van der Waals surface area (Å²) in [6, 6.07) is 70.9. The Morgan fingerprint density at radius 3 is 1.33 bits per heavy atom. The standard InChI is InChI=1S/C53H33N5/c1-3-18-35(19-4-1)51-54-52(36-20-5-2-6-21-36)56-53(55-51)43-32-31-34-17-7-9-23-38(34)49(43)58-46-30-16-13-27-42(46)48-47(58)33-37-22-8-10-24-39(37)50(48)57-44-28-14-11-25-40(44)41-26-12-15-29-45(41)57/h1-33H. The van der Waals surface area contributed by atoms with Crippen LogP contribution in [0.3, 0.4) is 0 Å². The van der Waals surface area contributed by atoms with Gasteiger partial charge in [0.2, 0.25) is 0 Å². The Kier molecular flexibility index (Phi) is 7.16. The molecule has 0 N–H and O–H groups in total. The van der Waals surface area contributed by atoms with Crippen molar-refractivity contribution in [2.24, 2.45) is 0 Å². The summed E-state index contributed by atoms with van der Waals surface area (Å²) < 4.78 is 4.95. The summed E-state index contributed by atoms with van der Waals surface area (Å²) in [6.45, 7) is 0. The third-order valence-corrected chi connectivity index (χ3v) is 11.5. The minimum Gasteiger partial charge on any atom is -0.308 e. The van der Waals surface area contributed by atoms with E-state index < -0.39 is 0 Å². The molecular formula is C53H33N5. The van der Waals surface area contributed by atoms with Crippen molar-refractivity contribution in [2.75, 3.05) is 0 Å². The van der Waals surface area contributed by atoms with Gasteiger partial charge in [-0.15, -0.1) is 0 Å². The lowest BCUT2D eigenvalue weighted by molar-refractivity contribution is 1.07. The third-order valence-electron chi connectivity index (χ3n) is 11.5. The van der Waals surface area contributed by atoms with E-state index in [1.54, 1.807) is 0 Å². The zero-order valence-corrected chi connectivity index (χ0v) is 31.3. The highest BCUT2D eigenvalue weighted by atomic mass is 15.1. The monoisotopic (exact) mass is 739 g/mol. The van der Waals surface area contributed by atoms with Gasteiger partial charge in [-0.2, -0.15) is 0 Å². The Bertz CT molecular complexity index is 3450. The summed E-state index contributed by atoms with van der Waals surface area (Å²) in [5, 5.41) is 9.42. The van der Waals surface area contributed by atoms with E-state index in [1.165, 1.54) is 43.7 Å². The van der Waals surface area contributed by atoms with Crippen molar-refractivity contribution in [1.82, 2.24) is 24.1 Å². The lowest BCUT2D eigenvalue weighted by atomic mass is 10.0. The van der Waals surface area contributed by atoms with Crippen LogP contribution in [-0.4, -0.2) is 24.1 Å². The molecule has 0 fully saturated rings. The molecule has 0 aliphatic rings. The molecule has 0 aliphatic carbocycles. The fourth-order valence-electron chi connectivity index (χ4n) is 9.01. The number of fused-ring (bicyclic) bond motifs is 8. The Hall–Kier alpha value is -7.89. The molecule has 58 heavy (non-hydrogen) atoms. The SMILES string of the molecule is c1ccc(-c2nc(-c3ccccc3)nc(-c3ccc4ccccc4c3-n3c4ccccc4c4c(-n5c6ccccc6c6ccccc65)c5ccccc5cc43)n2)cc1. The van der Waals surface area contributed by atoms with Crippen LogP contribution in [-0.2, 0) is 0 Å². The molecule has 0 saturated heterocycles. The van der Waals surface area contributed by atoms with E-state index in [9.17, 15) is 0 Å². The lowest BCUT2D eigenvalue weighted by Gasteiger charge is -2.18. The fourth-order valence-corrected chi connectivity index (χ4v) is 9.01. The zero-order chi connectivity index (χ0) is 38.2. The first-order valence-electron chi connectivity index (χ1n) is 19.6. The van der Waals surface area contributed by atoms with E-state index in [-0.39, 0.29) is 0 Å². The molecule has 0 spiro atoms. The van der Waals surface area contributed by atoms with E-state index in [0.717, 1.165) is 49.6 Å². The molecule has 0 unspecified atom stereocenters. The van der Waals surface area contributed by atoms with Crippen LogP contribution >= 0.6 is 0 Å². The maximum atomic E-state index is 5.27. The number of hydrogen-bond donors (Lipinski definition) is 0. The maximum Gasteiger partial charge on any atom is 0.166 e. The van der Waals surface area contributed by atoms with Crippen molar-refractivity contribution in [1.29, 1.82) is 0 Å². The van der Waals surface area contributed by atoms with Crippen molar-refractivity contribution < 1.29 is 0 Å². The first kappa shape index (κ1) is 32.4. The number of nitrogens with zero attached hydrogens (tertiary/aromatic N) is 5. The summed E-state index contributed by atoms with van der Waals surface area (Å²) in [7, 11) is 0. The van der Waals surface area contributed by atoms with E-state index in [1.807, 2.05) is 36.4 Å². The molecule has 5 heteroatoms. The summed E-state index contributed by atoms with van der Waals surface area (Å²) in [6.07, 6.45) is 0. The predicted octanol–water partition coefficient (Wildman–Crippen LogP) is 13.4. The van der Waals surface area contributed by atoms with Crippen molar-refractivity contribution >= 4 is 65.2 Å². The molecule has 3 aromatic heterocycles. The van der Waals surface area contributed by atoms with Gasteiger partial charge in [-0.25, -0.2) is 15.0 Å². The molecule has 0 atom stereocenters. The Morgan fingerprint density at radius 1 is 0.293 bits per heavy atom. The fraction of sp³-hybridized carbons (Fsp3) is 0. The van der Waals surface area contributed by atoms with Crippen LogP contribution in [0.1, 0.15) is 0 Å². The smallest absolute Gasteiger partial charge is 0.166 e. The molecule has 9 aromatic carbocycles. The second-order valence-corrected chi connectivity index (χ2v) is 14.8. The normalized spacial score (nSPS) is 11.8. The number of hydrogen-bond acceptors (Lipinski definition) is 3. The zero-order valence-electron chi connectivity index (χ0n) is 31.3. The van der Waals surface area contributed by atoms with E-state index in [4.69, 9.17) is 15.0 Å². The number of benzene rings is 9. The van der Waals surface area contributed by atoms with Crippen molar-refractivity contribution in [3.05, 3.63) is 200 Å². The van der Waals surface area contributed by atoms with Crippen LogP contribution in [0.15, 0.2) is 200 Å². The van der Waals surface area contributed by atoms with Gasteiger partial charge in [-0.05, 0) is 41.1 Å². The lowest BCUT2D eigenvalue weighted by Crippen LogP contribution is -2.04. The summed E-state index contributed by atoms with van der Waals surface area (Å²) >= 11 is 0. The summed E-state index contributed by atoms with van der Waals surface area (Å²) in [5.74, 6) is 1.87. The average Bonchev–Trinajstić information content (AvgIpc) is 3.81. The van der Waals surface area contributed by atoms with Gasteiger partial charge in [0.05, 0.1) is 33.4 Å². The van der Waals surface area contributed by atoms with E-state index >= 15 is 0 Å². The second kappa shape index (κ2) is 12.8. The average molecular weight is 740 g/mol. The van der Waals surface area contributed by atoms with Crippen LogP contribution < -0.4 is 0 Å². The Labute approximate surface area is 333 Å². The molecule has 5 nitrogen and oxygen atoms in total. The van der Waals surface area contributed by atoms with Crippen LogP contribution in [0.5, 0.6) is 0 Å². The van der Waals surface area contributed by atoms with Crippen molar-refractivity contribution in [2.45, 2.75) is 0 Å². The Balaban J connectivity index is 1.25. The van der Waals surface area contributed by atoms with Gasteiger partial charge in [0.1, 0.15) is 0 Å². The molecule has 0 amide bonds. The van der Waals surface area contributed by atoms with Gasteiger partial charge < -0.3 is 9.13 Å². The van der Waals surface area contributed by atoms with Crippen LogP contribution in [0, 0.1) is 0 Å². The highest BCUT2D eigenvalue weighted by Crippen LogP contribution is 2.45. The van der Waals surface area contributed by atoms with Gasteiger partial charge in [0, 0.05) is 49.0 Å². The highest BCUT2D eigenvalue weighted by Gasteiger charge is 2.25. The molecular weight excluding hydrogens is 707 g/mol. The minimum atomic E-state index is 0.614. The molecule has 0 aliphatic heterocycles. The van der Waals surface area contributed by atoms with Crippen LogP contribution in [0.4, 0.5) is 0 Å². The quantitative estimate of drug-likeness (QED) is 0.177. The second-order valence-electron chi connectivity index (χ2n) is 14.8. The van der Waals surface area contributed by atoms with Gasteiger partial charge in [0.25, 0.3) is 0 Å². The topological polar surface area (TPSA) is 48.5 Å². The van der Waals surface area contributed by atoms with Crippen LogP contribution in [0.2, 0.25) is 0 Å². The molecule has 0 saturated carbocycles. The maximum absolute atomic E-state index is 5.27. The van der Waals surface area contributed by atoms with E-state index in [2.05, 4.69) is 173 Å². The van der Waals surface area contributed by atoms with Gasteiger partial charge in [-0.3, -0.25) is 0 Å². The number of aromatic nitrogens is 5. The van der Waals surface area contributed by atoms with Crippen molar-refractivity contribution in [3.63, 3.8) is 0 Å². The highest BCUT2D eigenvalue weighted by molar-refractivity contribution is 6.23. The predicted molar refractivity (Wildman–Crippen MR) is 240 cm³/mol. The molecule has 0 bridgehead atoms. The largest absolute Gasteiger partial charge is 0.308 e. The molecule has 0 radical (unpaired) electrons. The third kappa shape index (κ3) is 4.87. The van der Waals surface area contributed by atoms with Crippen LogP contribution in [0.25, 0.3) is 111 Å². The van der Waals surface area contributed by atoms with Gasteiger partial charge in [-0.1, -0.05) is 170 Å². The molecule has 12 aromatic rings. The number of para-hydroxylation sites is 3. The first-order valence-corrected chi connectivity index (χ1v) is 19.6.